The molecule has 1 aromatic heterocycles. The van der Waals surface area contributed by atoms with Crippen LogP contribution in [0.15, 0.2) is 30.3 Å². The summed E-state index contributed by atoms with van der Waals surface area (Å²) in [7, 11) is 0. The van der Waals surface area contributed by atoms with Crippen molar-refractivity contribution in [3.8, 4) is 6.07 Å². The molecule has 128 valence electrons. The van der Waals surface area contributed by atoms with E-state index in [1.165, 1.54) is 11.3 Å². The number of anilines is 1. The minimum Gasteiger partial charge on any atom is -0.481 e. The van der Waals surface area contributed by atoms with Crippen molar-refractivity contribution in [1.29, 1.82) is 5.26 Å². The fourth-order valence-electron chi connectivity index (χ4n) is 3.21. The fourth-order valence-corrected chi connectivity index (χ4v) is 4.47. The number of carboxylic acids is 1. The largest absolute Gasteiger partial charge is 0.481 e. The van der Waals surface area contributed by atoms with E-state index in [0.29, 0.717) is 16.1 Å². The second-order valence-corrected chi connectivity index (χ2v) is 7.51. The van der Waals surface area contributed by atoms with Crippen LogP contribution in [0.2, 0.25) is 0 Å². The van der Waals surface area contributed by atoms with Gasteiger partial charge in [-0.05, 0) is 37.3 Å². The maximum atomic E-state index is 12.5. The molecule has 3 rings (SSSR count). The van der Waals surface area contributed by atoms with Gasteiger partial charge in [-0.25, -0.2) is 0 Å². The highest BCUT2D eigenvalue weighted by Crippen LogP contribution is 2.39. The molecule has 2 N–H and O–H groups in total. The van der Waals surface area contributed by atoms with E-state index in [0.717, 1.165) is 29.7 Å². The number of hydrogen-bond donors (Lipinski definition) is 2. The summed E-state index contributed by atoms with van der Waals surface area (Å²) in [6, 6.07) is 10.9. The number of fused-ring (bicyclic) bond motifs is 1. The number of aryl methyl sites for hydroxylation is 1. The van der Waals surface area contributed by atoms with E-state index in [2.05, 4.69) is 11.4 Å². The van der Waals surface area contributed by atoms with Crippen LogP contribution in [0.5, 0.6) is 0 Å². The lowest BCUT2D eigenvalue weighted by atomic mass is 9.79. The van der Waals surface area contributed by atoms with E-state index in [1.54, 1.807) is 37.3 Å². The molecule has 0 radical (unpaired) electrons. The molecule has 6 heteroatoms. The number of nitrogens with zero attached hydrogens (tertiary/aromatic N) is 1. The molecule has 1 amide bonds. The highest BCUT2D eigenvalue weighted by atomic mass is 32.1. The number of carbonyl (C=O) groups is 2. The number of thiophene rings is 1. The van der Waals surface area contributed by atoms with Crippen LogP contribution < -0.4 is 5.32 Å². The number of aliphatic carboxylic acids is 1. The molecule has 25 heavy (non-hydrogen) atoms. The predicted octanol–water partition coefficient (Wildman–Crippen LogP) is 3.48. The van der Waals surface area contributed by atoms with Gasteiger partial charge in [0.25, 0.3) is 0 Å². The number of rotatable bonds is 5. The van der Waals surface area contributed by atoms with E-state index in [4.69, 9.17) is 0 Å². The summed E-state index contributed by atoms with van der Waals surface area (Å²) in [4.78, 5) is 25.5. The third-order valence-electron chi connectivity index (χ3n) is 4.68. The number of carboxylic acid groups (broad SMARTS) is 1. The Balaban J connectivity index is 1.82. The quantitative estimate of drug-likeness (QED) is 0.860. The van der Waals surface area contributed by atoms with Crippen molar-refractivity contribution in [3.63, 3.8) is 0 Å². The predicted molar refractivity (Wildman–Crippen MR) is 95.7 cm³/mol. The molecule has 1 aliphatic carbocycles. The lowest BCUT2D eigenvalue weighted by Gasteiger charge is -2.24. The van der Waals surface area contributed by atoms with E-state index in [1.807, 2.05) is 0 Å². The second kappa shape index (κ2) is 6.69. The lowest BCUT2D eigenvalue weighted by Crippen LogP contribution is -2.36. The Morgan fingerprint density at radius 3 is 2.68 bits per heavy atom. The average molecular weight is 354 g/mol. The summed E-state index contributed by atoms with van der Waals surface area (Å²) in [6.07, 6.45) is 2.64. The van der Waals surface area contributed by atoms with Crippen LogP contribution in [0.25, 0.3) is 0 Å². The maximum absolute atomic E-state index is 12.5. The summed E-state index contributed by atoms with van der Waals surface area (Å²) in [5, 5.41) is 22.4. The van der Waals surface area contributed by atoms with Gasteiger partial charge in [-0.1, -0.05) is 30.3 Å². The van der Waals surface area contributed by atoms with Crippen molar-refractivity contribution in [2.24, 2.45) is 0 Å². The Kier molecular flexibility index (Phi) is 4.60. The normalized spacial score (nSPS) is 15.0. The molecule has 2 aromatic rings. The lowest BCUT2D eigenvalue weighted by molar-refractivity contribution is -0.145. The molecule has 0 unspecified atom stereocenters. The van der Waals surface area contributed by atoms with Crippen LogP contribution in [-0.4, -0.2) is 17.0 Å². The Bertz CT molecular complexity index is 867. The fraction of sp³-hybridized carbons (Fsp3) is 0.316. The van der Waals surface area contributed by atoms with E-state index in [-0.39, 0.29) is 6.42 Å². The van der Waals surface area contributed by atoms with E-state index >= 15 is 0 Å². The molecule has 5 nitrogen and oxygen atoms in total. The van der Waals surface area contributed by atoms with Gasteiger partial charge in [0.05, 0.1) is 11.0 Å². The smallest absolute Gasteiger partial charge is 0.314 e. The minimum atomic E-state index is -1.32. The van der Waals surface area contributed by atoms with Crippen molar-refractivity contribution in [1.82, 2.24) is 0 Å². The Morgan fingerprint density at radius 1 is 1.32 bits per heavy atom. The number of benzene rings is 1. The molecule has 0 aliphatic heterocycles. The van der Waals surface area contributed by atoms with E-state index < -0.39 is 17.3 Å². The third-order valence-corrected chi connectivity index (χ3v) is 5.89. The van der Waals surface area contributed by atoms with Crippen molar-refractivity contribution in [2.75, 3.05) is 5.32 Å². The SMILES string of the molecule is C[C@@](CC(=O)Nc1sc2c(c1C#N)CCC2)(C(=O)O)c1ccccc1. The summed E-state index contributed by atoms with van der Waals surface area (Å²) in [5.41, 5.74) is 0.819. The number of nitrogens with one attached hydrogen (secondary N) is 1. The van der Waals surface area contributed by atoms with Gasteiger partial charge in [-0.2, -0.15) is 5.26 Å². The molecule has 1 aromatic carbocycles. The minimum absolute atomic E-state index is 0.195. The molecule has 0 spiro atoms. The summed E-state index contributed by atoms with van der Waals surface area (Å²) in [5.74, 6) is -1.45. The zero-order valence-corrected chi connectivity index (χ0v) is 14.7. The van der Waals surface area contributed by atoms with Gasteiger partial charge in [-0.3, -0.25) is 9.59 Å². The van der Waals surface area contributed by atoms with Gasteiger partial charge in [-0.15, -0.1) is 11.3 Å². The molecule has 1 aliphatic rings. The van der Waals surface area contributed by atoms with Gasteiger partial charge in [0.1, 0.15) is 11.1 Å². The van der Waals surface area contributed by atoms with Crippen LogP contribution in [0, 0.1) is 11.3 Å². The first-order chi connectivity index (χ1) is 12.0. The summed E-state index contributed by atoms with van der Waals surface area (Å²) < 4.78 is 0. The monoisotopic (exact) mass is 354 g/mol. The average Bonchev–Trinajstić information content (AvgIpc) is 3.15. The van der Waals surface area contributed by atoms with Crippen LogP contribution in [0.3, 0.4) is 0 Å². The highest BCUT2D eigenvalue weighted by molar-refractivity contribution is 7.16. The molecule has 0 saturated heterocycles. The van der Waals surface area contributed by atoms with Crippen molar-refractivity contribution >= 4 is 28.2 Å². The Hall–Kier alpha value is -2.65. The van der Waals surface area contributed by atoms with Crippen LogP contribution in [0.1, 0.15) is 41.3 Å². The van der Waals surface area contributed by atoms with Crippen molar-refractivity contribution in [2.45, 2.75) is 38.0 Å². The first-order valence-corrected chi connectivity index (χ1v) is 8.91. The van der Waals surface area contributed by atoms with Crippen LogP contribution in [0.4, 0.5) is 5.00 Å². The Labute approximate surface area is 149 Å². The number of nitriles is 1. The molecule has 1 heterocycles. The van der Waals surface area contributed by atoms with Crippen LogP contribution >= 0.6 is 11.3 Å². The second-order valence-electron chi connectivity index (χ2n) is 6.40. The molecule has 0 fully saturated rings. The zero-order chi connectivity index (χ0) is 18.0. The summed E-state index contributed by atoms with van der Waals surface area (Å²) in [6.45, 7) is 1.55. The van der Waals surface area contributed by atoms with Gasteiger partial charge in [0, 0.05) is 11.3 Å². The Morgan fingerprint density at radius 2 is 2.04 bits per heavy atom. The molecule has 0 saturated carbocycles. The number of hydrogen-bond acceptors (Lipinski definition) is 4. The number of amides is 1. The molecule has 1 atom stereocenters. The van der Waals surface area contributed by atoms with E-state index in [9.17, 15) is 20.0 Å². The molecule has 0 bridgehead atoms. The van der Waals surface area contributed by atoms with Gasteiger partial charge in [0.15, 0.2) is 0 Å². The number of carbonyl (C=O) groups excluding carboxylic acids is 1. The van der Waals surface area contributed by atoms with Gasteiger partial charge < -0.3 is 10.4 Å². The highest BCUT2D eigenvalue weighted by Gasteiger charge is 2.38. The first kappa shape index (κ1) is 17.2. The first-order valence-electron chi connectivity index (χ1n) is 8.09. The van der Waals surface area contributed by atoms with Gasteiger partial charge >= 0.3 is 5.97 Å². The standard InChI is InChI=1S/C19H18N2O3S/c1-19(18(23)24,12-6-3-2-4-7-12)10-16(22)21-17-14(11-20)13-8-5-9-15(13)25-17/h2-4,6-7H,5,8-10H2,1H3,(H,21,22)(H,23,24)/t19-/m0/s1. The van der Waals surface area contributed by atoms with Gasteiger partial charge in [0.2, 0.25) is 5.91 Å². The maximum Gasteiger partial charge on any atom is 0.314 e. The topological polar surface area (TPSA) is 90.2 Å². The zero-order valence-electron chi connectivity index (χ0n) is 13.8. The third kappa shape index (κ3) is 3.15. The van der Waals surface area contributed by atoms with Crippen LogP contribution in [-0.2, 0) is 27.8 Å². The van der Waals surface area contributed by atoms with Crippen molar-refractivity contribution in [3.05, 3.63) is 51.9 Å². The summed E-state index contributed by atoms with van der Waals surface area (Å²) >= 11 is 1.43. The molecular weight excluding hydrogens is 336 g/mol. The van der Waals surface area contributed by atoms with Crippen molar-refractivity contribution < 1.29 is 14.7 Å². The molecular formula is C19H18N2O3S.